The maximum atomic E-state index is 12.7. The Morgan fingerprint density at radius 2 is 1.95 bits per heavy atom. The van der Waals surface area contributed by atoms with E-state index in [9.17, 15) is 13.2 Å². The molecule has 2 aromatic rings. The van der Waals surface area contributed by atoms with Crippen molar-refractivity contribution in [3.8, 4) is 0 Å². The van der Waals surface area contributed by atoms with Gasteiger partial charge in [-0.1, -0.05) is 12.1 Å². The highest BCUT2D eigenvalue weighted by Gasteiger charge is 2.45. The molecule has 0 unspecified atom stereocenters. The van der Waals surface area contributed by atoms with Crippen LogP contribution in [0.3, 0.4) is 0 Å². The summed E-state index contributed by atoms with van der Waals surface area (Å²) in [5.74, 6) is 0.450. The second-order valence-electron chi connectivity index (χ2n) is 6.21. The highest BCUT2D eigenvalue weighted by molar-refractivity contribution is 7.90. The lowest BCUT2D eigenvalue weighted by atomic mass is 9.95. The number of carbonyl (C=O) groups excluding carboxylic acids is 1. The van der Waals surface area contributed by atoms with Gasteiger partial charge < -0.3 is 4.52 Å². The average molecular weight is 319 g/mol. The van der Waals surface area contributed by atoms with Gasteiger partial charge in [0.25, 0.3) is 0 Å². The second kappa shape index (κ2) is 4.78. The predicted molar refractivity (Wildman–Crippen MR) is 80.8 cm³/mol. The van der Waals surface area contributed by atoms with Crippen molar-refractivity contribution in [3.63, 3.8) is 0 Å². The number of aromatic nitrogens is 1. The summed E-state index contributed by atoms with van der Waals surface area (Å²) >= 11 is 0. The van der Waals surface area contributed by atoms with Crippen LogP contribution in [0.15, 0.2) is 33.8 Å². The molecule has 22 heavy (non-hydrogen) atoms. The summed E-state index contributed by atoms with van der Waals surface area (Å²) in [5, 5.41) is 3.77. The molecule has 1 aliphatic carbocycles. The third kappa shape index (κ3) is 2.47. The molecule has 1 heterocycles. The maximum absolute atomic E-state index is 12.7. The van der Waals surface area contributed by atoms with Gasteiger partial charge in [-0.3, -0.25) is 4.79 Å². The zero-order valence-electron chi connectivity index (χ0n) is 12.7. The SMILES string of the molecule is Cc1cc(S(C)(=O)=O)ccc1C(=O)c1cnoc1C1(C)CC1. The molecule has 0 spiro atoms. The molecule has 1 aromatic heterocycles. The molecule has 3 rings (SSSR count). The largest absolute Gasteiger partial charge is 0.360 e. The Kier molecular flexibility index (Phi) is 3.25. The molecule has 1 saturated carbocycles. The molecule has 1 aliphatic rings. The van der Waals surface area contributed by atoms with Gasteiger partial charge in [-0.2, -0.15) is 0 Å². The summed E-state index contributed by atoms with van der Waals surface area (Å²) in [7, 11) is -3.29. The molecule has 116 valence electrons. The lowest BCUT2D eigenvalue weighted by Gasteiger charge is -2.09. The van der Waals surface area contributed by atoms with Gasteiger partial charge in [-0.05, 0) is 43.5 Å². The van der Waals surface area contributed by atoms with E-state index in [0.717, 1.165) is 19.1 Å². The minimum atomic E-state index is -3.29. The van der Waals surface area contributed by atoms with Crippen molar-refractivity contribution >= 4 is 15.6 Å². The minimum Gasteiger partial charge on any atom is -0.360 e. The molecule has 0 N–H and O–H groups in total. The summed E-state index contributed by atoms with van der Waals surface area (Å²) in [6.07, 6.45) is 4.56. The standard InChI is InChI=1S/C16H17NO4S/c1-10-8-11(22(3,19)20)4-5-12(10)14(18)13-9-17-21-15(13)16(2)6-7-16/h4-5,8-9H,6-7H2,1-3H3. The van der Waals surface area contributed by atoms with Gasteiger partial charge in [0.15, 0.2) is 21.4 Å². The van der Waals surface area contributed by atoms with Gasteiger partial charge >= 0.3 is 0 Å². The highest BCUT2D eigenvalue weighted by Crippen LogP contribution is 2.49. The highest BCUT2D eigenvalue weighted by atomic mass is 32.2. The molecular formula is C16H17NO4S. The molecule has 0 amide bonds. The molecule has 5 nitrogen and oxygen atoms in total. The Hall–Kier alpha value is -1.95. The van der Waals surface area contributed by atoms with Crippen LogP contribution in [0.5, 0.6) is 0 Å². The Morgan fingerprint density at radius 3 is 2.50 bits per heavy atom. The number of rotatable bonds is 4. The van der Waals surface area contributed by atoms with Crippen molar-refractivity contribution in [1.82, 2.24) is 5.16 Å². The van der Waals surface area contributed by atoms with Crippen LogP contribution in [0.4, 0.5) is 0 Å². The van der Waals surface area contributed by atoms with Crippen LogP contribution in [0.2, 0.25) is 0 Å². The van der Waals surface area contributed by atoms with E-state index in [2.05, 4.69) is 5.16 Å². The van der Waals surface area contributed by atoms with Crippen molar-refractivity contribution in [3.05, 3.63) is 46.8 Å². The van der Waals surface area contributed by atoms with E-state index in [1.54, 1.807) is 13.0 Å². The van der Waals surface area contributed by atoms with E-state index in [4.69, 9.17) is 4.52 Å². The third-order valence-corrected chi connectivity index (χ3v) is 5.34. The van der Waals surface area contributed by atoms with E-state index in [0.29, 0.717) is 22.5 Å². The normalized spacial score (nSPS) is 16.5. The maximum Gasteiger partial charge on any atom is 0.198 e. The lowest BCUT2D eigenvalue weighted by Crippen LogP contribution is -2.10. The second-order valence-corrected chi connectivity index (χ2v) is 8.22. The van der Waals surface area contributed by atoms with Crippen molar-refractivity contribution in [2.45, 2.75) is 37.0 Å². The number of hydrogen-bond donors (Lipinski definition) is 0. The first-order valence-electron chi connectivity index (χ1n) is 7.03. The fraction of sp³-hybridized carbons (Fsp3) is 0.375. The van der Waals surface area contributed by atoms with Gasteiger partial charge in [0.1, 0.15) is 0 Å². The average Bonchev–Trinajstić information content (AvgIpc) is 3.00. The quantitative estimate of drug-likeness (QED) is 0.810. The van der Waals surface area contributed by atoms with Crippen LogP contribution < -0.4 is 0 Å². The van der Waals surface area contributed by atoms with Gasteiger partial charge in [0.05, 0.1) is 16.7 Å². The first-order chi connectivity index (χ1) is 10.2. The molecule has 6 heteroatoms. The zero-order valence-corrected chi connectivity index (χ0v) is 13.5. The number of aryl methyl sites for hydroxylation is 1. The van der Waals surface area contributed by atoms with Gasteiger partial charge in [-0.25, -0.2) is 8.42 Å². The van der Waals surface area contributed by atoms with E-state index < -0.39 is 9.84 Å². The fourth-order valence-corrected chi connectivity index (χ4v) is 3.22. The molecule has 1 aromatic carbocycles. The third-order valence-electron chi connectivity index (χ3n) is 4.23. The first-order valence-corrected chi connectivity index (χ1v) is 8.92. The topological polar surface area (TPSA) is 77.2 Å². The van der Waals surface area contributed by atoms with Crippen molar-refractivity contribution < 1.29 is 17.7 Å². The number of carbonyl (C=O) groups is 1. The minimum absolute atomic E-state index is 0.0951. The van der Waals surface area contributed by atoms with E-state index >= 15 is 0 Å². The molecule has 0 bridgehead atoms. The van der Waals surface area contributed by atoms with E-state index in [1.807, 2.05) is 6.92 Å². The van der Waals surface area contributed by atoms with E-state index in [-0.39, 0.29) is 16.1 Å². The summed E-state index contributed by atoms with van der Waals surface area (Å²) in [4.78, 5) is 12.9. The number of ketones is 1. The Morgan fingerprint density at radius 1 is 1.27 bits per heavy atom. The predicted octanol–water partition coefficient (Wildman–Crippen LogP) is 2.67. The van der Waals surface area contributed by atoms with Gasteiger partial charge in [0.2, 0.25) is 0 Å². The van der Waals surface area contributed by atoms with Gasteiger partial charge in [-0.15, -0.1) is 0 Å². The van der Waals surface area contributed by atoms with Crippen LogP contribution in [-0.4, -0.2) is 25.6 Å². The number of sulfone groups is 1. The molecule has 0 atom stereocenters. The Bertz CT molecular complexity index is 860. The molecule has 0 aliphatic heterocycles. The Balaban J connectivity index is 2.02. The summed E-state index contributed by atoms with van der Waals surface area (Å²) < 4.78 is 28.4. The summed E-state index contributed by atoms with van der Waals surface area (Å²) in [5.41, 5.74) is 1.47. The number of hydrogen-bond acceptors (Lipinski definition) is 5. The molecule has 1 fully saturated rings. The number of nitrogens with zero attached hydrogens (tertiary/aromatic N) is 1. The van der Waals surface area contributed by atoms with Crippen molar-refractivity contribution in [2.75, 3.05) is 6.26 Å². The van der Waals surface area contributed by atoms with Crippen LogP contribution in [0, 0.1) is 6.92 Å². The zero-order chi connectivity index (χ0) is 16.1. The van der Waals surface area contributed by atoms with Crippen LogP contribution in [0.25, 0.3) is 0 Å². The Labute approximate surface area is 129 Å². The van der Waals surface area contributed by atoms with E-state index in [1.165, 1.54) is 18.3 Å². The van der Waals surface area contributed by atoms with Crippen LogP contribution in [-0.2, 0) is 15.3 Å². The van der Waals surface area contributed by atoms with Crippen molar-refractivity contribution in [1.29, 1.82) is 0 Å². The molecule has 0 saturated heterocycles. The summed E-state index contributed by atoms with van der Waals surface area (Å²) in [6.45, 7) is 3.78. The van der Waals surface area contributed by atoms with Crippen LogP contribution in [0.1, 0.15) is 47.0 Å². The van der Waals surface area contributed by atoms with Crippen molar-refractivity contribution in [2.24, 2.45) is 0 Å². The smallest absolute Gasteiger partial charge is 0.198 e. The van der Waals surface area contributed by atoms with Crippen LogP contribution >= 0.6 is 0 Å². The van der Waals surface area contributed by atoms with Gasteiger partial charge in [0, 0.05) is 17.2 Å². The number of benzene rings is 1. The summed E-state index contributed by atoms with van der Waals surface area (Å²) in [6, 6.07) is 4.54. The monoisotopic (exact) mass is 319 g/mol. The lowest BCUT2D eigenvalue weighted by molar-refractivity contribution is 0.103. The first kappa shape index (κ1) is 15.0. The fourth-order valence-electron chi connectivity index (χ4n) is 2.52. The molecular weight excluding hydrogens is 302 g/mol. The molecule has 0 radical (unpaired) electrons.